The normalized spacial score (nSPS) is 22.6. The second-order valence-corrected chi connectivity index (χ2v) is 6.37. The predicted octanol–water partition coefficient (Wildman–Crippen LogP) is 2.04. The van der Waals surface area contributed by atoms with Gasteiger partial charge in [0.15, 0.2) is 0 Å². The number of nitrogens with zero attached hydrogens (tertiary/aromatic N) is 1. The molecule has 0 aliphatic carbocycles. The Labute approximate surface area is 122 Å². The number of carbonyl (C=O) groups excluding carboxylic acids is 1. The van der Waals surface area contributed by atoms with Gasteiger partial charge >= 0.3 is 12.0 Å². The van der Waals surface area contributed by atoms with Gasteiger partial charge in [0.1, 0.15) is 0 Å². The highest BCUT2D eigenvalue weighted by Crippen LogP contribution is 2.21. The molecular formula is C14H20N2O3S. The number of likely N-dealkylation sites (tertiary alicyclic amines) is 1. The first-order chi connectivity index (χ1) is 9.56. The third kappa shape index (κ3) is 3.96. The zero-order chi connectivity index (χ0) is 14.5. The Bertz CT molecular complexity index is 461. The number of rotatable bonds is 4. The van der Waals surface area contributed by atoms with Crippen LogP contribution in [0.15, 0.2) is 17.5 Å². The second-order valence-electron chi connectivity index (χ2n) is 5.34. The fraction of sp³-hybridized carbons (Fsp3) is 0.571. The molecule has 0 spiro atoms. The van der Waals surface area contributed by atoms with Gasteiger partial charge in [0.05, 0.1) is 5.92 Å². The molecule has 110 valence electrons. The summed E-state index contributed by atoms with van der Waals surface area (Å²) in [6.07, 6.45) is 1.46. The summed E-state index contributed by atoms with van der Waals surface area (Å²) < 4.78 is 0. The predicted molar refractivity (Wildman–Crippen MR) is 77.9 cm³/mol. The lowest BCUT2D eigenvalue weighted by Crippen LogP contribution is -2.49. The van der Waals surface area contributed by atoms with Crippen LogP contribution in [0.4, 0.5) is 4.79 Å². The van der Waals surface area contributed by atoms with Crippen molar-refractivity contribution >= 4 is 23.3 Å². The van der Waals surface area contributed by atoms with Gasteiger partial charge in [-0.2, -0.15) is 0 Å². The van der Waals surface area contributed by atoms with Crippen molar-refractivity contribution < 1.29 is 14.7 Å². The summed E-state index contributed by atoms with van der Waals surface area (Å²) in [5.41, 5.74) is 0. The van der Waals surface area contributed by atoms with E-state index in [0.29, 0.717) is 26.1 Å². The molecule has 0 aromatic carbocycles. The highest BCUT2D eigenvalue weighted by atomic mass is 32.1. The molecule has 1 saturated heterocycles. The van der Waals surface area contributed by atoms with Crippen molar-refractivity contribution in [3.8, 4) is 0 Å². The topological polar surface area (TPSA) is 69.6 Å². The van der Waals surface area contributed by atoms with E-state index in [-0.39, 0.29) is 11.9 Å². The molecule has 2 rings (SSSR count). The van der Waals surface area contributed by atoms with Crippen LogP contribution in [-0.4, -0.2) is 41.6 Å². The third-order valence-corrected chi connectivity index (χ3v) is 4.46. The number of thiophene rings is 1. The van der Waals surface area contributed by atoms with Gasteiger partial charge in [0.2, 0.25) is 0 Å². The average molecular weight is 296 g/mol. The Kier molecular flexibility index (Phi) is 5.00. The molecule has 20 heavy (non-hydrogen) atoms. The summed E-state index contributed by atoms with van der Waals surface area (Å²) in [4.78, 5) is 26.0. The molecule has 2 N–H and O–H groups in total. The number of aliphatic carboxylic acids is 1. The molecule has 0 bridgehead atoms. The minimum absolute atomic E-state index is 0.153. The summed E-state index contributed by atoms with van der Waals surface area (Å²) in [5, 5.41) is 14.0. The number of hydrogen-bond acceptors (Lipinski definition) is 3. The van der Waals surface area contributed by atoms with Crippen LogP contribution in [0.25, 0.3) is 0 Å². The lowest BCUT2D eigenvalue weighted by Gasteiger charge is -2.34. The first-order valence-electron chi connectivity index (χ1n) is 6.84. The van der Waals surface area contributed by atoms with Gasteiger partial charge in [-0.25, -0.2) is 4.79 Å². The van der Waals surface area contributed by atoms with Gasteiger partial charge in [0.25, 0.3) is 0 Å². The number of urea groups is 1. The molecule has 2 heterocycles. The van der Waals surface area contributed by atoms with Crippen molar-refractivity contribution in [2.24, 2.45) is 11.8 Å². The maximum Gasteiger partial charge on any atom is 0.317 e. The Morgan fingerprint density at radius 1 is 1.50 bits per heavy atom. The van der Waals surface area contributed by atoms with Gasteiger partial charge in [-0.05, 0) is 30.2 Å². The molecule has 6 heteroatoms. The lowest BCUT2D eigenvalue weighted by atomic mass is 9.91. The van der Waals surface area contributed by atoms with Gasteiger partial charge in [0, 0.05) is 24.5 Å². The van der Waals surface area contributed by atoms with Crippen molar-refractivity contribution in [3.63, 3.8) is 0 Å². The van der Waals surface area contributed by atoms with Crippen LogP contribution in [0, 0.1) is 11.8 Å². The van der Waals surface area contributed by atoms with E-state index >= 15 is 0 Å². The minimum atomic E-state index is -0.812. The Balaban J connectivity index is 1.80. The standard InChI is InChI=1S/C14H20N2O3S/c1-10-7-11(13(17)18)9-16(8-10)14(19)15-5-4-12-3-2-6-20-12/h2-3,6,10-11H,4-5,7-9H2,1H3,(H,15,19)(H,17,18). The number of carbonyl (C=O) groups is 2. The first-order valence-corrected chi connectivity index (χ1v) is 7.72. The maximum absolute atomic E-state index is 12.1. The van der Waals surface area contributed by atoms with Crippen molar-refractivity contribution in [2.75, 3.05) is 19.6 Å². The molecule has 1 aromatic rings. The molecule has 1 aromatic heterocycles. The second kappa shape index (κ2) is 6.74. The van der Waals surface area contributed by atoms with Gasteiger partial charge in [-0.15, -0.1) is 11.3 Å². The summed E-state index contributed by atoms with van der Waals surface area (Å²) in [6, 6.07) is 3.88. The number of carboxylic acids is 1. The van der Waals surface area contributed by atoms with E-state index in [9.17, 15) is 9.59 Å². The zero-order valence-corrected chi connectivity index (χ0v) is 12.4. The van der Waals surface area contributed by atoms with Crippen molar-refractivity contribution in [3.05, 3.63) is 22.4 Å². The van der Waals surface area contributed by atoms with E-state index in [0.717, 1.165) is 6.42 Å². The third-order valence-electron chi connectivity index (χ3n) is 3.52. The summed E-state index contributed by atoms with van der Waals surface area (Å²) in [7, 11) is 0. The highest BCUT2D eigenvalue weighted by molar-refractivity contribution is 7.09. The van der Waals surface area contributed by atoms with Crippen LogP contribution in [-0.2, 0) is 11.2 Å². The fourth-order valence-corrected chi connectivity index (χ4v) is 3.26. The van der Waals surface area contributed by atoms with Crippen molar-refractivity contribution in [2.45, 2.75) is 19.8 Å². The van der Waals surface area contributed by atoms with E-state index in [1.807, 2.05) is 24.4 Å². The monoisotopic (exact) mass is 296 g/mol. The van der Waals surface area contributed by atoms with Crippen LogP contribution in [0.3, 0.4) is 0 Å². The van der Waals surface area contributed by atoms with E-state index in [4.69, 9.17) is 5.11 Å². The average Bonchev–Trinajstić information content (AvgIpc) is 2.91. The number of nitrogens with one attached hydrogen (secondary N) is 1. The van der Waals surface area contributed by atoms with E-state index in [1.54, 1.807) is 16.2 Å². The van der Waals surface area contributed by atoms with E-state index < -0.39 is 11.9 Å². The van der Waals surface area contributed by atoms with E-state index in [1.165, 1.54) is 4.88 Å². The summed E-state index contributed by atoms with van der Waals surface area (Å²) in [5.74, 6) is -1.03. The largest absolute Gasteiger partial charge is 0.481 e. The minimum Gasteiger partial charge on any atom is -0.481 e. The molecule has 2 amide bonds. The van der Waals surface area contributed by atoms with Crippen LogP contribution >= 0.6 is 11.3 Å². The number of carboxylic acid groups (broad SMARTS) is 1. The summed E-state index contributed by atoms with van der Waals surface area (Å²) in [6.45, 7) is 3.52. The number of piperidine rings is 1. The van der Waals surface area contributed by atoms with E-state index in [2.05, 4.69) is 5.32 Å². The maximum atomic E-state index is 12.1. The molecule has 1 aliphatic rings. The van der Waals surface area contributed by atoms with Gasteiger partial charge in [-0.1, -0.05) is 13.0 Å². The molecule has 2 unspecified atom stereocenters. The molecular weight excluding hydrogens is 276 g/mol. The number of hydrogen-bond donors (Lipinski definition) is 2. The summed E-state index contributed by atoms with van der Waals surface area (Å²) >= 11 is 1.67. The van der Waals surface area contributed by atoms with Crippen LogP contribution < -0.4 is 5.32 Å². The molecule has 0 radical (unpaired) electrons. The number of amides is 2. The highest BCUT2D eigenvalue weighted by Gasteiger charge is 2.31. The van der Waals surface area contributed by atoms with Gasteiger partial charge < -0.3 is 15.3 Å². The lowest BCUT2D eigenvalue weighted by molar-refractivity contribution is -0.143. The molecule has 1 aliphatic heterocycles. The molecule has 0 saturated carbocycles. The van der Waals surface area contributed by atoms with Crippen LogP contribution in [0.1, 0.15) is 18.2 Å². The fourth-order valence-electron chi connectivity index (χ4n) is 2.56. The van der Waals surface area contributed by atoms with Crippen molar-refractivity contribution in [1.29, 1.82) is 0 Å². The quantitative estimate of drug-likeness (QED) is 0.893. The SMILES string of the molecule is CC1CC(C(=O)O)CN(C(=O)NCCc2cccs2)C1. The Morgan fingerprint density at radius 2 is 2.30 bits per heavy atom. The Hall–Kier alpha value is -1.56. The smallest absolute Gasteiger partial charge is 0.317 e. The zero-order valence-electron chi connectivity index (χ0n) is 11.5. The first kappa shape index (κ1) is 14.8. The van der Waals surface area contributed by atoms with Crippen LogP contribution in [0.5, 0.6) is 0 Å². The molecule has 5 nitrogen and oxygen atoms in total. The van der Waals surface area contributed by atoms with Crippen molar-refractivity contribution in [1.82, 2.24) is 10.2 Å². The molecule has 1 fully saturated rings. The molecule has 2 atom stereocenters. The van der Waals surface area contributed by atoms with Crippen LogP contribution in [0.2, 0.25) is 0 Å². The Morgan fingerprint density at radius 3 is 2.95 bits per heavy atom. The van der Waals surface area contributed by atoms with Gasteiger partial charge in [-0.3, -0.25) is 4.79 Å².